The minimum atomic E-state index is 0.499. The molecule has 20 heavy (non-hydrogen) atoms. The smallest absolute Gasteiger partial charge is 0.141 e. The second-order valence-corrected chi connectivity index (χ2v) is 6.14. The highest BCUT2D eigenvalue weighted by Crippen LogP contribution is 2.29. The first kappa shape index (κ1) is 15.1. The van der Waals surface area contributed by atoms with E-state index < -0.39 is 0 Å². The number of nitrogens with one attached hydrogen (secondary N) is 1. The van der Waals surface area contributed by atoms with Crippen LogP contribution in [0.2, 0.25) is 0 Å². The second-order valence-electron chi connectivity index (χ2n) is 6.14. The Kier molecular flexibility index (Phi) is 4.89. The number of anilines is 1. The third-order valence-electron chi connectivity index (χ3n) is 4.01. The highest BCUT2D eigenvalue weighted by Gasteiger charge is 2.26. The molecule has 1 aliphatic rings. The summed E-state index contributed by atoms with van der Waals surface area (Å²) in [6, 6.07) is 7.54. The third kappa shape index (κ3) is 3.64. The minimum Gasteiger partial charge on any atom is -0.495 e. The largest absolute Gasteiger partial charge is 0.495 e. The van der Waals surface area contributed by atoms with Crippen LogP contribution in [0.3, 0.4) is 0 Å². The third-order valence-corrected chi connectivity index (χ3v) is 4.01. The molecule has 0 saturated carbocycles. The van der Waals surface area contributed by atoms with Crippen molar-refractivity contribution < 1.29 is 4.74 Å². The number of rotatable bonds is 5. The number of nitrogens with zero attached hydrogens (tertiary/aromatic N) is 2. The molecule has 1 aliphatic heterocycles. The molecular weight excluding hydrogens is 250 g/mol. The molecule has 0 bridgehead atoms. The Morgan fingerprint density at radius 2 is 2.15 bits per heavy atom. The predicted molar refractivity (Wildman–Crippen MR) is 84.5 cm³/mol. The lowest BCUT2D eigenvalue weighted by atomic mass is 10.1. The van der Waals surface area contributed by atoms with Gasteiger partial charge >= 0.3 is 0 Å². The van der Waals surface area contributed by atoms with Crippen molar-refractivity contribution in [3.8, 4) is 5.75 Å². The number of likely N-dealkylation sites (N-methyl/N-ethyl adjacent to an activating group) is 1. The van der Waals surface area contributed by atoms with Gasteiger partial charge in [0.05, 0.1) is 12.8 Å². The van der Waals surface area contributed by atoms with Crippen molar-refractivity contribution in [3.05, 3.63) is 23.8 Å². The zero-order valence-electron chi connectivity index (χ0n) is 13.3. The van der Waals surface area contributed by atoms with Crippen LogP contribution < -0.4 is 10.1 Å². The van der Waals surface area contributed by atoms with Crippen LogP contribution in [0.4, 0.5) is 5.69 Å². The van der Waals surface area contributed by atoms with E-state index in [0.717, 1.165) is 24.5 Å². The Morgan fingerprint density at radius 1 is 1.40 bits per heavy atom. The molecule has 2 rings (SSSR count). The van der Waals surface area contributed by atoms with Crippen LogP contribution in [0.5, 0.6) is 5.75 Å². The Morgan fingerprint density at radius 3 is 2.70 bits per heavy atom. The van der Waals surface area contributed by atoms with Gasteiger partial charge in [-0.05, 0) is 52.2 Å². The molecule has 0 spiro atoms. The van der Waals surface area contributed by atoms with Crippen LogP contribution in [0, 0.1) is 0 Å². The summed E-state index contributed by atoms with van der Waals surface area (Å²) in [4.78, 5) is 4.57. The number of methoxy groups -OCH3 is 1. The van der Waals surface area contributed by atoms with Crippen LogP contribution >= 0.6 is 0 Å². The van der Waals surface area contributed by atoms with E-state index in [1.54, 1.807) is 7.11 Å². The Labute approximate surface area is 122 Å². The van der Waals surface area contributed by atoms with Gasteiger partial charge in [-0.3, -0.25) is 0 Å². The fourth-order valence-corrected chi connectivity index (χ4v) is 2.85. The molecule has 1 aromatic rings. The van der Waals surface area contributed by atoms with Gasteiger partial charge in [-0.25, -0.2) is 0 Å². The molecule has 1 fully saturated rings. The lowest BCUT2D eigenvalue weighted by molar-refractivity contribution is 0.330. The zero-order chi connectivity index (χ0) is 14.7. The van der Waals surface area contributed by atoms with Gasteiger partial charge in [0, 0.05) is 25.2 Å². The van der Waals surface area contributed by atoms with E-state index in [9.17, 15) is 0 Å². The molecule has 2 atom stereocenters. The standard InChI is InChI=1S/C16H27N3O/c1-12-8-14(11-19(12)4)17-15-9-13(10-18(2)3)6-7-16(15)20-5/h6-7,9,12,14,17H,8,10-11H2,1-5H3. The van der Waals surface area contributed by atoms with Crippen molar-refractivity contribution in [2.24, 2.45) is 0 Å². The van der Waals surface area contributed by atoms with E-state index >= 15 is 0 Å². The van der Waals surface area contributed by atoms with E-state index in [2.05, 4.69) is 61.4 Å². The molecule has 1 heterocycles. The minimum absolute atomic E-state index is 0.499. The highest BCUT2D eigenvalue weighted by atomic mass is 16.5. The van der Waals surface area contributed by atoms with Crippen molar-refractivity contribution >= 4 is 5.69 Å². The molecule has 0 radical (unpaired) electrons. The molecule has 2 unspecified atom stereocenters. The normalized spacial score (nSPS) is 23.3. The summed E-state index contributed by atoms with van der Waals surface area (Å²) in [6.45, 7) is 4.31. The van der Waals surface area contributed by atoms with Gasteiger partial charge < -0.3 is 19.9 Å². The molecule has 0 aromatic heterocycles. The number of likely N-dealkylation sites (tertiary alicyclic amines) is 1. The van der Waals surface area contributed by atoms with Crippen molar-refractivity contribution in [2.75, 3.05) is 40.1 Å². The molecule has 0 amide bonds. The maximum atomic E-state index is 5.48. The van der Waals surface area contributed by atoms with E-state index in [4.69, 9.17) is 4.74 Å². The van der Waals surface area contributed by atoms with E-state index in [1.807, 2.05) is 0 Å². The lowest BCUT2D eigenvalue weighted by Gasteiger charge is -2.18. The molecule has 4 nitrogen and oxygen atoms in total. The van der Waals surface area contributed by atoms with Gasteiger partial charge in [-0.2, -0.15) is 0 Å². The maximum Gasteiger partial charge on any atom is 0.141 e. The summed E-state index contributed by atoms with van der Waals surface area (Å²) in [6.07, 6.45) is 1.18. The topological polar surface area (TPSA) is 27.7 Å². The number of hydrogen-bond acceptors (Lipinski definition) is 4. The SMILES string of the molecule is COc1ccc(CN(C)C)cc1NC1CC(C)N(C)C1. The monoisotopic (exact) mass is 277 g/mol. The maximum absolute atomic E-state index is 5.48. The van der Waals surface area contributed by atoms with Crippen molar-refractivity contribution in [1.29, 1.82) is 0 Å². The van der Waals surface area contributed by atoms with Crippen molar-refractivity contribution in [3.63, 3.8) is 0 Å². The van der Waals surface area contributed by atoms with E-state index in [0.29, 0.717) is 12.1 Å². The van der Waals surface area contributed by atoms with Gasteiger partial charge in [0.25, 0.3) is 0 Å². The Hall–Kier alpha value is -1.26. The first-order chi connectivity index (χ1) is 9.49. The Bertz CT molecular complexity index is 437. The van der Waals surface area contributed by atoms with Crippen LogP contribution in [0.1, 0.15) is 18.9 Å². The van der Waals surface area contributed by atoms with Crippen LogP contribution in [-0.2, 0) is 6.54 Å². The van der Waals surface area contributed by atoms with E-state index in [-0.39, 0.29) is 0 Å². The number of benzene rings is 1. The number of hydrogen-bond donors (Lipinski definition) is 1. The molecular formula is C16H27N3O. The van der Waals surface area contributed by atoms with Gasteiger partial charge in [0.2, 0.25) is 0 Å². The molecule has 1 saturated heterocycles. The quantitative estimate of drug-likeness (QED) is 0.893. The van der Waals surface area contributed by atoms with Crippen LogP contribution in [0.15, 0.2) is 18.2 Å². The lowest BCUT2D eigenvalue weighted by Crippen LogP contribution is -2.25. The fourth-order valence-electron chi connectivity index (χ4n) is 2.85. The average Bonchev–Trinajstić information content (AvgIpc) is 2.68. The summed E-state index contributed by atoms with van der Waals surface area (Å²) in [5.74, 6) is 0.926. The zero-order valence-corrected chi connectivity index (χ0v) is 13.3. The molecule has 0 aliphatic carbocycles. The average molecular weight is 277 g/mol. The first-order valence-corrected chi connectivity index (χ1v) is 7.28. The Balaban J connectivity index is 2.12. The van der Waals surface area contributed by atoms with Gasteiger partial charge in [-0.1, -0.05) is 6.07 Å². The second kappa shape index (κ2) is 6.46. The summed E-state index contributed by atoms with van der Waals surface area (Å²) < 4.78 is 5.48. The van der Waals surface area contributed by atoms with Crippen LogP contribution in [0.25, 0.3) is 0 Å². The van der Waals surface area contributed by atoms with Gasteiger partial charge in [-0.15, -0.1) is 0 Å². The van der Waals surface area contributed by atoms with Crippen molar-refractivity contribution in [1.82, 2.24) is 9.80 Å². The van der Waals surface area contributed by atoms with Crippen molar-refractivity contribution in [2.45, 2.75) is 32.0 Å². The molecule has 1 N–H and O–H groups in total. The van der Waals surface area contributed by atoms with Crippen LogP contribution in [-0.4, -0.2) is 56.7 Å². The first-order valence-electron chi connectivity index (χ1n) is 7.28. The van der Waals surface area contributed by atoms with E-state index in [1.165, 1.54) is 12.0 Å². The summed E-state index contributed by atoms with van der Waals surface area (Å²) in [5.41, 5.74) is 2.41. The summed E-state index contributed by atoms with van der Waals surface area (Å²) in [7, 11) is 8.09. The number of ether oxygens (including phenoxy) is 1. The van der Waals surface area contributed by atoms with Gasteiger partial charge in [0.15, 0.2) is 0 Å². The fraction of sp³-hybridized carbons (Fsp3) is 0.625. The molecule has 1 aromatic carbocycles. The van der Waals surface area contributed by atoms with Gasteiger partial charge in [0.1, 0.15) is 5.75 Å². The summed E-state index contributed by atoms with van der Waals surface area (Å²) >= 11 is 0. The molecule has 112 valence electrons. The predicted octanol–water partition coefficient (Wildman–Crippen LogP) is 2.26. The molecule has 4 heteroatoms. The summed E-state index contributed by atoms with van der Waals surface area (Å²) in [5, 5.41) is 3.65. The highest BCUT2D eigenvalue weighted by molar-refractivity contribution is 5.58.